The van der Waals surface area contributed by atoms with Crippen LogP contribution in [0.4, 0.5) is 13.2 Å². The third kappa shape index (κ3) is 4.61. The first kappa shape index (κ1) is 17.9. The summed E-state index contributed by atoms with van der Waals surface area (Å²) in [5, 5.41) is 0. The summed E-state index contributed by atoms with van der Waals surface area (Å²) in [4.78, 5) is 13.9. The molecule has 2 aliphatic rings. The van der Waals surface area contributed by atoms with E-state index in [9.17, 15) is 18.0 Å². The van der Waals surface area contributed by atoms with Crippen molar-refractivity contribution in [3.63, 3.8) is 0 Å². The second-order valence-corrected chi connectivity index (χ2v) is 6.23. The third-order valence-electron chi connectivity index (χ3n) is 4.52. The molecule has 0 radical (unpaired) electrons. The molecule has 7 heteroatoms. The number of nitrogens with zero attached hydrogens (tertiary/aromatic N) is 1. The van der Waals surface area contributed by atoms with Crippen molar-refractivity contribution in [3.05, 3.63) is 41.5 Å². The lowest BCUT2D eigenvalue weighted by atomic mass is 9.96. The summed E-state index contributed by atoms with van der Waals surface area (Å²) in [5.74, 6) is 0.100. The van der Waals surface area contributed by atoms with Crippen LogP contribution < -0.4 is 0 Å². The van der Waals surface area contributed by atoms with Crippen molar-refractivity contribution < 1.29 is 27.4 Å². The average Bonchev–Trinajstić information content (AvgIpc) is 3.14. The summed E-state index contributed by atoms with van der Waals surface area (Å²) >= 11 is 0. The molecule has 0 unspecified atom stereocenters. The number of halogens is 3. The zero-order chi connectivity index (χ0) is 17.9. The number of hydrogen-bond donors (Lipinski definition) is 0. The highest BCUT2D eigenvalue weighted by Gasteiger charge is 2.31. The van der Waals surface area contributed by atoms with Gasteiger partial charge in [-0.1, -0.05) is 12.1 Å². The molecule has 0 aromatic heterocycles. The maximum absolute atomic E-state index is 12.7. The lowest BCUT2D eigenvalue weighted by Crippen LogP contribution is -2.40. The summed E-state index contributed by atoms with van der Waals surface area (Å²) in [5.41, 5.74) is -0.370. The third-order valence-corrected chi connectivity index (χ3v) is 4.52. The van der Waals surface area contributed by atoms with Crippen LogP contribution >= 0.6 is 0 Å². The van der Waals surface area contributed by atoms with E-state index in [0.717, 1.165) is 25.0 Å². The molecule has 0 spiro atoms. The Hall–Kier alpha value is -1.86. The van der Waals surface area contributed by atoms with Crippen molar-refractivity contribution in [1.29, 1.82) is 0 Å². The van der Waals surface area contributed by atoms with Gasteiger partial charge in [-0.2, -0.15) is 13.2 Å². The minimum Gasteiger partial charge on any atom is -0.350 e. The van der Waals surface area contributed by atoms with Gasteiger partial charge in [0.2, 0.25) is 5.91 Å². The van der Waals surface area contributed by atoms with E-state index in [4.69, 9.17) is 9.47 Å². The fraction of sp³-hybridized carbons (Fsp3) is 0.500. The zero-order valence-electron chi connectivity index (χ0n) is 13.7. The molecule has 1 aromatic carbocycles. The number of piperidine rings is 1. The minimum atomic E-state index is -4.39. The average molecular weight is 355 g/mol. The molecule has 2 saturated heterocycles. The number of carbonyl (C=O) groups is 1. The van der Waals surface area contributed by atoms with Gasteiger partial charge in [0.15, 0.2) is 6.29 Å². The lowest BCUT2D eigenvalue weighted by Gasteiger charge is -2.33. The smallest absolute Gasteiger partial charge is 0.350 e. The van der Waals surface area contributed by atoms with Gasteiger partial charge in [-0.05, 0) is 36.6 Å². The molecule has 2 heterocycles. The second-order valence-electron chi connectivity index (χ2n) is 6.23. The van der Waals surface area contributed by atoms with Gasteiger partial charge in [0.1, 0.15) is 0 Å². The maximum atomic E-state index is 12.7. The second kappa shape index (κ2) is 7.58. The van der Waals surface area contributed by atoms with Crippen molar-refractivity contribution in [1.82, 2.24) is 4.90 Å². The number of ether oxygens (including phenoxy) is 2. The Morgan fingerprint density at radius 3 is 2.48 bits per heavy atom. The van der Waals surface area contributed by atoms with Gasteiger partial charge in [0.25, 0.3) is 0 Å². The Labute approximate surface area is 144 Å². The van der Waals surface area contributed by atoms with E-state index in [-0.39, 0.29) is 12.2 Å². The van der Waals surface area contributed by atoms with Gasteiger partial charge in [-0.15, -0.1) is 0 Å². The Bertz CT molecular complexity index is 631. The lowest BCUT2D eigenvalue weighted by molar-refractivity contribution is -0.137. The van der Waals surface area contributed by atoms with Gasteiger partial charge < -0.3 is 14.4 Å². The number of benzene rings is 1. The molecule has 2 fully saturated rings. The van der Waals surface area contributed by atoms with Crippen LogP contribution in [0.1, 0.15) is 24.0 Å². The standard InChI is InChI=1S/C18H20F3NO3/c19-18(20,21)15-3-1-2-13(12-15)4-5-16(23)22-8-6-14(7-9-22)17-24-10-11-25-17/h1-5,12,14,17H,6-11H2/b5-4+. The Balaban J connectivity index is 1.55. The molecular weight excluding hydrogens is 335 g/mol. The van der Waals surface area contributed by atoms with Gasteiger partial charge in [0.05, 0.1) is 18.8 Å². The fourth-order valence-corrected chi connectivity index (χ4v) is 3.13. The number of carbonyl (C=O) groups excluding carboxylic acids is 1. The first-order chi connectivity index (χ1) is 11.9. The number of likely N-dealkylation sites (tertiary alicyclic amines) is 1. The van der Waals surface area contributed by atoms with Gasteiger partial charge in [0, 0.05) is 25.1 Å². The molecule has 0 bridgehead atoms. The van der Waals surface area contributed by atoms with E-state index in [1.807, 2.05) is 0 Å². The Kier molecular flexibility index (Phi) is 5.44. The fourth-order valence-electron chi connectivity index (χ4n) is 3.13. The van der Waals surface area contributed by atoms with Crippen LogP contribution in [0.5, 0.6) is 0 Å². The van der Waals surface area contributed by atoms with Crippen LogP contribution in [0.3, 0.4) is 0 Å². The van der Waals surface area contributed by atoms with Crippen molar-refractivity contribution >= 4 is 12.0 Å². The first-order valence-corrected chi connectivity index (χ1v) is 8.31. The van der Waals surface area contributed by atoms with Crippen molar-refractivity contribution in [2.24, 2.45) is 5.92 Å². The van der Waals surface area contributed by atoms with Gasteiger partial charge in [-0.3, -0.25) is 4.79 Å². The van der Waals surface area contributed by atoms with Crippen molar-refractivity contribution in [2.75, 3.05) is 26.3 Å². The molecule has 3 rings (SSSR count). The minimum absolute atomic E-state index is 0.169. The van der Waals surface area contributed by atoms with Crippen LogP contribution in [0.2, 0.25) is 0 Å². The molecule has 0 atom stereocenters. The summed E-state index contributed by atoms with van der Waals surface area (Å²) < 4.78 is 49.1. The molecule has 136 valence electrons. The zero-order valence-corrected chi connectivity index (χ0v) is 13.7. The van der Waals surface area contributed by atoms with E-state index in [2.05, 4.69) is 0 Å². The van der Waals surface area contributed by atoms with E-state index >= 15 is 0 Å². The highest BCUT2D eigenvalue weighted by Crippen LogP contribution is 2.30. The molecule has 1 aromatic rings. The molecule has 0 N–H and O–H groups in total. The predicted molar refractivity (Wildman–Crippen MR) is 85.5 cm³/mol. The molecule has 0 saturated carbocycles. The molecule has 25 heavy (non-hydrogen) atoms. The summed E-state index contributed by atoms with van der Waals surface area (Å²) in [7, 11) is 0. The van der Waals surface area contributed by atoms with Crippen molar-refractivity contribution in [3.8, 4) is 0 Å². The molecular formula is C18H20F3NO3. The van der Waals surface area contributed by atoms with Crippen molar-refractivity contribution in [2.45, 2.75) is 25.3 Å². The van der Waals surface area contributed by atoms with Crippen LogP contribution in [0.15, 0.2) is 30.3 Å². The van der Waals surface area contributed by atoms with Crippen LogP contribution in [-0.2, 0) is 20.4 Å². The normalized spacial score (nSPS) is 20.5. The Morgan fingerprint density at radius 1 is 1.16 bits per heavy atom. The quantitative estimate of drug-likeness (QED) is 0.781. The Morgan fingerprint density at radius 2 is 1.84 bits per heavy atom. The number of hydrogen-bond acceptors (Lipinski definition) is 3. The van der Waals surface area contributed by atoms with Crippen LogP contribution in [0.25, 0.3) is 6.08 Å². The summed E-state index contributed by atoms with van der Waals surface area (Å²) in [6.07, 6.45) is -0.203. The SMILES string of the molecule is O=C(/C=C/c1cccc(C(F)(F)F)c1)N1CCC(C2OCCO2)CC1. The van der Waals surface area contributed by atoms with Gasteiger partial charge >= 0.3 is 6.18 Å². The maximum Gasteiger partial charge on any atom is 0.416 e. The highest BCUT2D eigenvalue weighted by atomic mass is 19.4. The molecule has 0 aliphatic carbocycles. The summed E-state index contributed by atoms with van der Waals surface area (Å²) in [6, 6.07) is 4.92. The highest BCUT2D eigenvalue weighted by molar-refractivity contribution is 5.91. The van der Waals surface area contributed by atoms with E-state index in [0.29, 0.717) is 37.8 Å². The molecule has 4 nitrogen and oxygen atoms in total. The molecule has 2 aliphatic heterocycles. The number of alkyl halides is 3. The molecule has 1 amide bonds. The topological polar surface area (TPSA) is 38.8 Å². The number of amides is 1. The van der Waals surface area contributed by atoms with Gasteiger partial charge in [-0.25, -0.2) is 0 Å². The van der Waals surface area contributed by atoms with E-state index in [1.54, 1.807) is 11.0 Å². The largest absolute Gasteiger partial charge is 0.416 e. The first-order valence-electron chi connectivity index (χ1n) is 8.31. The van der Waals surface area contributed by atoms with E-state index < -0.39 is 11.7 Å². The summed E-state index contributed by atoms with van der Waals surface area (Å²) in [6.45, 7) is 2.42. The predicted octanol–water partition coefficient (Wildman–Crippen LogP) is 3.33. The monoisotopic (exact) mass is 355 g/mol. The number of rotatable bonds is 3. The van der Waals surface area contributed by atoms with E-state index in [1.165, 1.54) is 18.2 Å². The van der Waals surface area contributed by atoms with Crippen LogP contribution in [-0.4, -0.2) is 43.4 Å². The van der Waals surface area contributed by atoms with Crippen LogP contribution in [0, 0.1) is 5.92 Å².